The topological polar surface area (TPSA) is 46.9 Å². The van der Waals surface area contributed by atoms with Gasteiger partial charge in [0.05, 0.1) is 16.9 Å². The summed E-state index contributed by atoms with van der Waals surface area (Å²) in [4.78, 5) is 17.5. The Labute approximate surface area is 245 Å². The molecule has 216 valence electrons. The summed E-state index contributed by atoms with van der Waals surface area (Å²) in [5.74, 6) is 2.75. The van der Waals surface area contributed by atoms with Gasteiger partial charge in [0.2, 0.25) is 0 Å². The second-order valence-corrected chi connectivity index (χ2v) is 12.7. The van der Waals surface area contributed by atoms with Gasteiger partial charge in [-0.15, -0.1) is 0 Å². The average Bonchev–Trinajstić information content (AvgIpc) is 3.41. The standard InChI is InChI=1S/C28H40BrN3O.C6H12/c1-6-9-16-30-17-15-21(8-3)22-13-14-24(20(5)18-22)32-25-12-10-11-23(29)26(25)28(33)31-27(32)19(4)7-2;1-6-4-2-3-5-6/h10-13,18-19,21,24,30H,6-9,14-17H2,1-5H3;6H,2-5H2,1H3. The Hall–Kier alpha value is -1.72. The van der Waals surface area contributed by atoms with E-state index in [9.17, 15) is 4.79 Å². The van der Waals surface area contributed by atoms with Crippen LogP contribution >= 0.6 is 15.9 Å². The fourth-order valence-corrected chi connectivity index (χ4v) is 6.53. The highest BCUT2D eigenvalue weighted by Crippen LogP contribution is 2.37. The Bertz CT molecular complexity index is 1170. The Morgan fingerprint density at radius 2 is 1.87 bits per heavy atom. The SMILES string of the molecule is CC1CCCC1.CCCCNCCC(CC)C1=CCC(n2c(C(C)CC)nc(=O)c3c(Br)cccc32)C(C)=C1. The van der Waals surface area contributed by atoms with E-state index in [0.717, 1.165) is 54.1 Å². The number of benzene rings is 1. The zero-order valence-electron chi connectivity index (χ0n) is 25.4. The van der Waals surface area contributed by atoms with Crippen molar-refractivity contribution >= 4 is 26.8 Å². The number of fused-ring (bicyclic) bond motifs is 1. The highest BCUT2D eigenvalue weighted by atomic mass is 79.9. The predicted octanol–water partition coefficient (Wildman–Crippen LogP) is 9.49. The molecule has 2 aliphatic carbocycles. The van der Waals surface area contributed by atoms with E-state index in [1.165, 1.54) is 56.1 Å². The Morgan fingerprint density at radius 1 is 1.13 bits per heavy atom. The summed E-state index contributed by atoms with van der Waals surface area (Å²) in [6, 6.07) is 6.20. The molecule has 0 bridgehead atoms. The van der Waals surface area contributed by atoms with E-state index < -0.39 is 0 Å². The summed E-state index contributed by atoms with van der Waals surface area (Å²) in [7, 11) is 0. The van der Waals surface area contributed by atoms with Crippen LogP contribution in [0.1, 0.15) is 124 Å². The Balaban J connectivity index is 0.000000617. The smallest absolute Gasteiger partial charge is 0.281 e. The van der Waals surface area contributed by atoms with Gasteiger partial charge in [-0.1, -0.05) is 84.9 Å². The molecule has 0 amide bonds. The Morgan fingerprint density at radius 3 is 2.46 bits per heavy atom. The minimum absolute atomic E-state index is 0.140. The minimum Gasteiger partial charge on any atom is -0.321 e. The number of rotatable bonds is 11. The van der Waals surface area contributed by atoms with Crippen LogP contribution in [0.5, 0.6) is 0 Å². The lowest BCUT2D eigenvalue weighted by molar-refractivity contribution is 0.488. The van der Waals surface area contributed by atoms with Crippen LogP contribution in [-0.2, 0) is 0 Å². The largest absolute Gasteiger partial charge is 0.321 e. The summed E-state index contributed by atoms with van der Waals surface area (Å²) >= 11 is 3.59. The zero-order chi connectivity index (χ0) is 28.4. The molecule has 0 saturated heterocycles. The second-order valence-electron chi connectivity index (χ2n) is 11.8. The highest BCUT2D eigenvalue weighted by molar-refractivity contribution is 9.10. The van der Waals surface area contributed by atoms with Crippen LogP contribution in [0.15, 0.2) is 50.8 Å². The molecule has 39 heavy (non-hydrogen) atoms. The summed E-state index contributed by atoms with van der Waals surface area (Å²) in [5, 5.41) is 4.28. The first-order valence-corrected chi connectivity index (χ1v) is 16.4. The highest BCUT2D eigenvalue weighted by Gasteiger charge is 2.26. The van der Waals surface area contributed by atoms with E-state index in [1.54, 1.807) is 0 Å². The van der Waals surface area contributed by atoms with Gasteiger partial charge in [0, 0.05) is 10.4 Å². The van der Waals surface area contributed by atoms with E-state index in [1.807, 2.05) is 12.1 Å². The molecular formula is C34H52BrN3O. The van der Waals surface area contributed by atoms with Crippen molar-refractivity contribution in [1.29, 1.82) is 0 Å². The number of allylic oxidation sites excluding steroid dienone is 4. The first-order valence-electron chi connectivity index (χ1n) is 15.6. The van der Waals surface area contributed by atoms with E-state index in [-0.39, 0.29) is 17.5 Å². The lowest BCUT2D eigenvalue weighted by Crippen LogP contribution is -2.26. The molecule has 2 aromatic rings. The molecule has 0 spiro atoms. The van der Waals surface area contributed by atoms with Crippen molar-refractivity contribution in [3.8, 4) is 0 Å². The summed E-state index contributed by atoms with van der Waals surface area (Å²) in [6.45, 7) is 15.6. The van der Waals surface area contributed by atoms with E-state index in [0.29, 0.717) is 11.3 Å². The molecule has 3 atom stereocenters. The van der Waals surface area contributed by atoms with Crippen LogP contribution in [0.3, 0.4) is 0 Å². The molecule has 1 fully saturated rings. The van der Waals surface area contributed by atoms with E-state index >= 15 is 0 Å². The maximum absolute atomic E-state index is 12.9. The molecule has 0 aliphatic heterocycles. The van der Waals surface area contributed by atoms with Crippen molar-refractivity contribution in [2.24, 2.45) is 11.8 Å². The summed E-state index contributed by atoms with van der Waals surface area (Å²) < 4.78 is 3.15. The van der Waals surface area contributed by atoms with Crippen LogP contribution in [0.4, 0.5) is 0 Å². The molecule has 1 saturated carbocycles. The molecular weight excluding hydrogens is 546 g/mol. The normalized spacial score (nSPS) is 19.3. The lowest BCUT2D eigenvalue weighted by atomic mass is 9.85. The third-order valence-corrected chi connectivity index (χ3v) is 9.44. The summed E-state index contributed by atoms with van der Waals surface area (Å²) in [5.41, 5.74) is 3.65. The van der Waals surface area contributed by atoms with Crippen LogP contribution in [0.25, 0.3) is 10.9 Å². The molecule has 1 N–H and O–H groups in total. The fourth-order valence-electron chi connectivity index (χ4n) is 6.00. The number of halogens is 1. The number of hydrogen-bond acceptors (Lipinski definition) is 3. The van der Waals surface area contributed by atoms with Crippen molar-refractivity contribution in [3.05, 3.63) is 62.1 Å². The molecule has 1 aromatic carbocycles. The number of nitrogens with zero attached hydrogens (tertiary/aromatic N) is 2. The van der Waals surface area contributed by atoms with Gasteiger partial charge in [-0.25, -0.2) is 0 Å². The molecule has 0 radical (unpaired) electrons. The Kier molecular flexibility index (Phi) is 13.0. The van der Waals surface area contributed by atoms with Gasteiger partial charge in [0.1, 0.15) is 5.82 Å². The second kappa shape index (κ2) is 15.9. The number of hydrogen-bond donors (Lipinski definition) is 1. The molecule has 4 rings (SSSR count). The molecule has 2 aliphatic rings. The molecule has 4 nitrogen and oxygen atoms in total. The number of aromatic nitrogens is 2. The quantitative estimate of drug-likeness (QED) is 0.262. The number of unbranched alkanes of at least 4 members (excludes halogenated alkanes) is 1. The van der Waals surface area contributed by atoms with Crippen LogP contribution in [0.2, 0.25) is 0 Å². The maximum atomic E-state index is 12.9. The van der Waals surface area contributed by atoms with Gasteiger partial charge in [0.25, 0.3) is 5.56 Å². The average molecular weight is 599 g/mol. The van der Waals surface area contributed by atoms with Gasteiger partial charge >= 0.3 is 0 Å². The monoisotopic (exact) mass is 597 g/mol. The van der Waals surface area contributed by atoms with Crippen molar-refractivity contribution in [2.45, 2.75) is 118 Å². The third kappa shape index (κ3) is 8.39. The molecule has 3 unspecified atom stereocenters. The van der Waals surface area contributed by atoms with Crippen LogP contribution in [0, 0.1) is 11.8 Å². The fraction of sp³-hybridized carbons (Fsp3) is 0.647. The first-order chi connectivity index (χ1) is 18.8. The van der Waals surface area contributed by atoms with Crippen molar-refractivity contribution in [3.63, 3.8) is 0 Å². The maximum Gasteiger partial charge on any atom is 0.281 e. The number of nitrogens with one attached hydrogen (secondary N) is 1. The van der Waals surface area contributed by atoms with Gasteiger partial charge < -0.3 is 9.88 Å². The third-order valence-electron chi connectivity index (χ3n) is 8.77. The van der Waals surface area contributed by atoms with Crippen LogP contribution in [-0.4, -0.2) is 22.6 Å². The van der Waals surface area contributed by atoms with Crippen molar-refractivity contribution < 1.29 is 0 Å². The zero-order valence-corrected chi connectivity index (χ0v) is 26.9. The van der Waals surface area contributed by atoms with Gasteiger partial charge in [0.15, 0.2) is 0 Å². The molecule has 1 heterocycles. The van der Waals surface area contributed by atoms with Crippen molar-refractivity contribution in [2.75, 3.05) is 13.1 Å². The van der Waals surface area contributed by atoms with Crippen LogP contribution < -0.4 is 10.9 Å². The van der Waals surface area contributed by atoms with Gasteiger partial charge in [-0.05, 0) is 103 Å². The molecule has 1 aromatic heterocycles. The lowest BCUT2D eigenvalue weighted by Gasteiger charge is -2.31. The first kappa shape index (κ1) is 31.8. The van der Waals surface area contributed by atoms with Gasteiger partial charge in [-0.2, -0.15) is 4.98 Å². The predicted molar refractivity (Wildman–Crippen MR) is 172 cm³/mol. The van der Waals surface area contributed by atoms with E-state index in [2.05, 4.69) is 90.6 Å². The van der Waals surface area contributed by atoms with Gasteiger partial charge in [-0.3, -0.25) is 4.79 Å². The summed E-state index contributed by atoms with van der Waals surface area (Å²) in [6.07, 6.45) is 17.5. The molecule has 5 heteroatoms. The van der Waals surface area contributed by atoms with Crippen molar-refractivity contribution in [1.82, 2.24) is 14.9 Å². The minimum atomic E-state index is -0.140. The van der Waals surface area contributed by atoms with E-state index in [4.69, 9.17) is 0 Å².